The van der Waals surface area contributed by atoms with E-state index in [1.54, 1.807) is 6.08 Å². The minimum absolute atomic E-state index is 0.00347. The molecular formula is C78H141NO10. The molecule has 11 heteroatoms. The molecule has 0 aromatic rings. The fraction of sp³-hybridized carbons (Fsp3) is 0.821. The number of aliphatic hydroxyl groups excluding tert-OH is 5. The topological polar surface area (TPSA) is 175 Å². The van der Waals surface area contributed by atoms with E-state index in [1.165, 1.54) is 244 Å². The molecule has 0 saturated carbocycles. The van der Waals surface area contributed by atoms with Gasteiger partial charge in [-0.2, -0.15) is 0 Å². The van der Waals surface area contributed by atoms with E-state index in [1.807, 2.05) is 6.08 Å². The Hall–Kier alpha value is -2.90. The summed E-state index contributed by atoms with van der Waals surface area (Å²) in [6, 6.07) is -0.833. The van der Waals surface area contributed by atoms with Crippen molar-refractivity contribution in [1.29, 1.82) is 0 Å². The first kappa shape index (κ1) is 84.1. The van der Waals surface area contributed by atoms with Gasteiger partial charge in [0.25, 0.3) is 0 Å². The van der Waals surface area contributed by atoms with Crippen LogP contribution in [0.3, 0.4) is 0 Å². The van der Waals surface area contributed by atoms with E-state index < -0.39 is 49.5 Å². The summed E-state index contributed by atoms with van der Waals surface area (Å²) in [6.07, 6.45) is 80.9. The quantitative estimate of drug-likeness (QED) is 0.0195. The zero-order valence-electron chi connectivity index (χ0n) is 57.6. The van der Waals surface area contributed by atoms with Gasteiger partial charge in [0.05, 0.1) is 32.0 Å². The first-order valence-electron chi connectivity index (χ1n) is 37.7. The molecule has 11 nitrogen and oxygen atoms in total. The van der Waals surface area contributed by atoms with Crippen molar-refractivity contribution in [3.63, 3.8) is 0 Å². The Kier molecular flexibility index (Phi) is 62.9. The Morgan fingerprint density at radius 2 is 0.798 bits per heavy atom. The second kappa shape index (κ2) is 66.6. The molecule has 0 radical (unpaired) electrons. The normalized spacial score (nSPS) is 18.1. The molecule has 1 heterocycles. The number of aliphatic hydroxyl groups is 5. The summed E-state index contributed by atoms with van der Waals surface area (Å²) in [4.78, 5) is 25.1. The van der Waals surface area contributed by atoms with Crippen molar-refractivity contribution < 1.29 is 49.3 Å². The van der Waals surface area contributed by atoms with Crippen LogP contribution in [0.25, 0.3) is 0 Å². The maximum Gasteiger partial charge on any atom is 0.305 e. The van der Waals surface area contributed by atoms with Crippen LogP contribution in [0.1, 0.15) is 348 Å². The van der Waals surface area contributed by atoms with Gasteiger partial charge in [-0.15, -0.1) is 0 Å². The third kappa shape index (κ3) is 55.3. The molecule has 0 spiro atoms. The number of hydrogen-bond acceptors (Lipinski definition) is 10. The van der Waals surface area contributed by atoms with Gasteiger partial charge in [0.2, 0.25) is 5.91 Å². The van der Waals surface area contributed by atoms with Gasteiger partial charge in [0.15, 0.2) is 6.29 Å². The zero-order valence-corrected chi connectivity index (χ0v) is 57.6. The van der Waals surface area contributed by atoms with E-state index in [-0.39, 0.29) is 18.5 Å². The average Bonchev–Trinajstić information content (AvgIpc) is 3.11. The molecule has 1 amide bonds. The summed E-state index contributed by atoms with van der Waals surface area (Å²) in [5.74, 6) is -0.192. The summed E-state index contributed by atoms with van der Waals surface area (Å²) in [5.41, 5.74) is 0. The minimum atomic E-state index is -1.58. The standard InChI is InChI=1S/C78H141NO10/c1-3-5-7-9-11-13-15-16-43-46-50-54-58-62-66-74(83)87-67-63-59-55-51-47-44-41-39-37-35-33-31-29-27-25-23-21-19-17-18-20-22-24-26-28-30-32-34-36-38-40-42-45-49-53-57-61-65-73(82)79-70(69-88-78-77(86)76(85)75(84)72(68-80)89-78)71(81)64-60-56-52-48-14-12-10-8-6-4-2/h6,8,14-17,19,23,25,48,60,64,70-72,75-78,80-81,84-86H,3-5,7,9-13,18,20-22,24,26-47,49-59,61-63,65-69H2,1-2H3,(H,79,82)/b8-6+,16-15-,19-17-,25-23-,48-14+,64-60+. The first-order chi connectivity index (χ1) is 43.7. The number of allylic oxidation sites excluding steroid dienone is 11. The van der Waals surface area contributed by atoms with Crippen LogP contribution in [0, 0.1) is 0 Å². The predicted octanol–water partition coefficient (Wildman–Crippen LogP) is 19.9. The highest BCUT2D eigenvalue weighted by Gasteiger charge is 2.44. The van der Waals surface area contributed by atoms with Crippen molar-refractivity contribution in [1.82, 2.24) is 5.32 Å². The minimum Gasteiger partial charge on any atom is -0.466 e. The maximum atomic E-state index is 13.0. The van der Waals surface area contributed by atoms with Gasteiger partial charge in [-0.3, -0.25) is 9.59 Å². The molecule has 0 aromatic heterocycles. The van der Waals surface area contributed by atoms with Gasteiger partial charge in [-0.1, -0.05) is 299 Å². The van der Waals surface area contributed by atoms with Gasteiger partial charge < -0.3 is 45.1 Å². The third-order valence-corrected chi connectivity index (χ3v) is 17.5. The number of nitrogens with one attached hydrogen (secondary N) is 1. The van der Waals surface area contributed by atoms with E-state index in [2.05, 4.69) is 79.9 Å². The molecule has 1 aliphatic rings. The fourth-order valence-corrected chi connectivity index (χ4v) is 11.6. The van der Waals surface area contributed by atoms with Crippen molar-refractivity contribution in [2.24, 2.45) is 0 Å². The Bertz CT molecular complexity index is 1710. The van der Waals surface area contributed by atoms with Crippen LogP contribution in [0.5, 0.6) is 0 Å². The van der Waals surface area contributed by atoms with Crippen LogP contribution in [0.2, 0.25) is 0 Å². The fourth-order valence-electron chi connectivity index (χ4n) is 11.6. The zero-order chi connectivity index (χ0) is 64.4. The second-order valence-corrected chi connectivity index (χ2v) is 25.9. The maximum absolute atomic E-state index is 13.0. The Balaban J connectivity index is 1.90. The van der Waals surface area contributed by atoms with Gasteiger partial charge in [0.1, 0.15) is 24.4 Å². The largest absolute Gasteiger partial charge is 0.466 e. The molecule has 1 fully saturated rings. The lowest BCUT2D eigenvalue weighted by Gasteiger charge is -2.40. The van der Waals surface area contributed by atoms with Gasteiger partial charge in [-0.05, 0) is 109 Å². The molecule has 0 aromatic carbocycles. The summed E-state index contributed by atoms with van der Waals surface area (Å²) < 4.78 is 16.7. The molecular weight excluding hydrogens is 1110 g/mol. The molecule has 1 saturated heterocycles. The van der Waals surface area contributed by atoms with Crippen LogP contribution in [0.15, 0.2) is 72.9 Å². The Labute approximate surface area is 547 Å². The lowest BCUT2D eigenvalue weighted by Crippen LogP contribution is -2.60. The number of rotatable bonds is 66. The van der Waals surface area contributed by atoms with Crippen LogP contribution in [-0.4, -0.2) is 100 Å². The van der Waals surface area contributed by atoms with E-state index in [4.69, 9.17) is 14.2 Å². The molecule has 6 N–H and O–H groups in total. The number of ether oxygens (including phenoxy) is 3. The highest BCUT2D eigenvalue weighted by atomic mass is 16.7. The number of unbranched alkanes of at least 4 members (excludes halogenated alkanes) is 42. The molecule has 0 bridgehead atoms. The predicted molar refractivity (Wildman–Crippen MR) is 375 cm³/mol. The SMILES string of the molecule is CC/C=C/CC/C=C/CC/C=C/C(O)C(COC1OC(CO)C(O)C(O)C1O)NC(=O)CCCCCCCCCCCCCCCCCCC/C=C\C/C=C\CCCCCCCCCCCCCCCOC(=O)CCCCCCC/C=C\CCCCCCC. The highest BCUT2D eigenvalue weighted by molar-refractivity contribution is 5.76. The number of esters is 1. The molecule has 518 valence electrons. The van der Waals surface area contributed by atoms with Crippen LogP contribution in [0.4, 0.5) is 0 Å². The van der Waals surface area contributed by atoms with Gasteiger partial charge in [-0.25, -0.2) is 0 Å². The van der Waals surface area contributed by atoms with Crippen molar-refractivity contribution in [2.75, 3.05) is 19.8 Å². The lowest BCUT2D eigenvalue weighted by atomic mass is 9.99. The Morgan fingerprint density at radius 3 is 1.24 bits per heavy atom. The molecule has 0 aliphatic carbocycles. The van der Waals surface area contributed by atoms with Crippen molar-refractivity contribution >= 4 is 11.9 Å². The number of hydrogen-bond donors (Lipinski definition) is 6. The van der Waals surface area contributed by atoms with Crippen LogP contribution >= 0.6 is 0 Å². The van der Waals surface area contributed by atoms with Crippen molar-refractivity contribution in [3.05, 3.63) is 72.9 Å². The Morgan fingerprint density at radius 1 is 0.427 bits per heavy atom. The van der Waals surface area contributed by atoms with Crippen LogP contribution < -0.4 is 5.32 Å². The summed E-state index contributed by atoms with van der Waals surface area (Å²) in [5, 5.41) is 54.3. The molecule has 1 aliphatic heterocycles. The van der Waals surface area contributed by atoms with E-state index >= 15 is 0 Å². The van der Waals surface area contributed by atoms with Gasteiger partial charge in [0, 0.05) is 12.8 Å². The van der Waals surface area contributed by atoms with E-state index in [9.17, 15) is 35.1 Å². The third-order valence-electron chi connectivity index (χ3n) is 17.5. The summed E-state index contributed by atoms with van der Waals surface area (Å²) >= 11 is 0. The van der Waals surface area contributed by atoms with Crippen molar-refractivity contribution in [2.45, 2.75) is 391 Å². The van der Waals surface area contributed by atoms with E-state index in [0.717, 1.165) is 77.0 Å². The molecule has 89 heavy (non-hydrogen) atoms. The first-order valence-corrected chi connectivity index (χ1v) is 37.7. The summed E-state index contributed by atoms with van der Waals surface area (Å²) in [7, 11) is 0. The number of carbonyl (C=O) groups is 2. The highest BCUT2D eigenvalue weighted by Crippen LogP contribution is 2.23. The van der Waals surface area contributed by atoms with Crippen LogP contribution in [-0.2, 0) is 23.8 Å². The lowest BCUT2D eigenvalue weighted by molar-refractivity contribution is -0.302. The molecule has 7 unspecified atom stereocenters. The molecule has 1 rings (SSSR count). The smallest absolute Gasteiger partial charge is 0.305 e. The monoisotopic (exact) mass is 1250 g/mol. The van der Waals surface area contributed by atoms with E-state index in [0.29, 0.717) is 19.4 Å². The van der Waals surface area contributed by atoms with Crippen molar-refractivity contribution in [3.8, 4) is 0 Å². The van der Waals surface area contributed by atoms with Gasteiger partial charge >= 0.3 is 5.97 Å². The average molecular weight is 1250 g/mol. The number of amides is 1. The second-order valence-electron chi connectivity index (χ2n) is 25.9. The number of carbonyl (C=O) groups excluding carboxylic acids is 2. The summed E-state index contributed by atoms with van der Waals surface area (Å²) in [6.45, 7) is 4.21. The molecule has 7 atom stereocenters.